The van der Waals surface area contributed by atoms with Crippen LogP contribution in [0.15, 0.2) is 66.2 Å². The molecule has 3 aromatic carbocycles. The molecule has 3 aromatic rings. The average molecular weight is 481 g/mol. The van der Waals surface area contributed by atoms with E-state index in [1.54, 1.807) is 5.57 Å². The second-order valence-corrected chi connectivity index (χ2v) is 10.8. The van der Waals surface area contributed by atoms with Gasteiger partial charge in [0.15, 0.2) is 0 Å². The van der Waals surface area contributed by atoms with E-state index in [-0.39, 0.29) is 26.2 Å². The molecule has 4 bridgehead atoms. The Bertz CT molecular complexity index is 1150. The second kappa shape index (κ2) is 7.55. The van der Waals surface area contributed by atoms with Crippen molar-refractivity contribution in [3.8, 4) is 11.1 Å². The molecule has 8 rings (SSSR count). The van der Waals surface area contributed by atoms with Crippen LogP contribution in [0.3, 0.4) is 0 Å². The van der Waals surface area contributed by atoms with Gasteiger partial charge in [-0.1, -0.05) is 66.2 Å². The summed E-state index contributed by atoms with van der Waals surface area (Å²) in [7, 11) is 0. The fourth-order valence-electron chi connectivity index (χ4n) is 7.95. The van der Waals surface area contributed by atoms with E-state index in [1.165, 1.54) is 78.0 Å². The first-order chi connectivity index (χ1) is 14.7. The van der Waals surface area contributed by atoms with Gasteiger partial charge in [0.25, 0.3) is 0 Å². The zero-order valence-electron chi connectivity index (χ0n) is 18.1. The molecular formula is C30H29Zr. The van der Waals surface area contributed by atoms with Crippen molar-refractivity contribution in [2.24, 2.45) is 23.2 Å². The molecule has 0 atom stereocenters. The van der Waals surface area contributed by atoms with Crippen LogP contribution < -0.4 is 0 Å². The van der Waals surface area contributed by atoms with Crippen molar-refractivity contribution in [2.45, 2.75) is 44.9 Å². The topological polar surface area (TPSA) is 0 Å². The quantitative estimate of drug-likeness (QED) is 0.355. The van der Waals surface area contributed by atoms with Crippen molar-refractivity contribution < 1.29 is 26.2 Å². The zero-order chi connectivity index (χ0) is 19.7. The molecule has 0 spiro atoms. The summed E-state index contributed by atoms with van der Waals surface area (Å²) in [6.07, 6.45) is 15.4. The first kappa shape index (κ1) is 20.2. The third-order valence-electron chi connectivity index (χ3n) is 8.62. The number of allylic oxidation sites excluding steroid dienone is 1. The van der Waals surface area contributed by atoms with Gasteiger partial charge in [-0.05, 0) is 107 Å². The summed E-state index contributed by atoms with van der Waals surface area (Å²) in [5.74, 6) is 3.11. The van der Waals surface area contributed by atoms with E-state index in [4.69, 9.17) is 0 Å². The molecule has 0 aliphatic heterocycles. The monoisotopic (exact) mass is 479 g/mol. The first-order valence-electron chi connectivity index (χ1n) is 11.9. The van der Waals surface area contributed by atoms with E-state index >= 15 is 0 Å². The van der Waals surface area contributed by atoms with Crippen LogP contribution in [-0.2, 0) is 26.2 Å². The van der Waals surface area contributed by atoms with Crippen LogP contribution in [0.5, 0.6) is 0 Å². The van der Waals surface area contributed by atoms with E-state index in [0.29, 0.717) is 5.41 Å². The molecule has 1 heteroatoms. The van der Waals surface area contributed by atoms with E-state index in [9.17, 15) is 0 Å². The van der Waals surface area contributed by atoms with Crippen molar-refractivity contribution in [1.29, 1.82) is 0 Å². The maximum Gasteiger partial charge on any atom is 0.0164 e. The predicted molar refractivity (Wildman–Crippen MR) is 126 cm³/mol. The largest absolute Gasteiger partial charge is 0.0616 e. The maximum absolute atomic E-state index is 2.53. The van der Waals surface area contributed by atoms with Crippen LogP contribution in [0, 0.1) is 29.6 Å². The van der Waals surface area contributed by atoms with Crippen molar-refractivity contribution in [1.82, 2.24) is 0 Å². The maximum atomic E-state index is 2.53. The molecule has 4 saturated carbocycles. The second-order valence-electron chi connectivity index (χ2n) is 10.8. The summed E-state index contributed by atoms with van der Waals surface area (Å²) in [5.41, 5.74) is 7.77. The Hall–Kier alpha value is -1.46. The molecule has 0 saturated heterocycles. The van der Waals surface area contributed by atoms with Gasteiger partial charge in [-0.3, -0.25) is 0 Å². The van der Waals surface area contributed by atoms with Gasteiger partial charge in [-0.25, -0.2) is 0 Å². The molecule has 153 valence electrons. The molecule has 0 N–H and O–H groups in total. The van der Waals surface area contributed by atoms with Crippen LogP contribution in [0.2, 0.25) is 0 Å². The van der Waals surface area contributed by atoms with Gasteiger partial charge in [-0.15, -0.1) is 0 Å². The zero-order valence-corrected chi connectivity index (χ0v) is 20.6. The van der Waals surface area contributed by atoms with Gasteiger partial charge >= 0.3 is 0 Å². The van der Waals surface area contributed by atoms with Crippen LogP contribution in [-0.4, -0.2) is 0 Å². The Kier molecular flexibility index (Phi) is 4.91. The molecule has 5 aliphatic rings. The van der Waals surface area contributed by atoms with E-state index in [1.807, 2.05) is 0 Å². The fraction of sp³-hybridized carbons (Fsp3) is 0.367. The standard InChI is InChI=1S/C30H29.Zr/c1-2-5-25-15-27(9-8-24(25)4-1)28-7-3-6-26-13-23(14-29(26)28)19-30-16-20-10-21(17-30)12-22(11-20)18-30;/h1-9,13-15,20-22H,10-12,16-19H2;. The van der Waals surface area contributed by atoms with E-state index in [2.05, 4.69) is 73.2 Å². The van der Waals surface area contributed by atoms with E-state index in [0.717, 1.165) is 17.8 Å². The number of hydrogen-bond donors (Lipinski definition) is 0. The molecule has 1 radical (unpaired) electrons. The normalized spacial score (nSPS) is 30.2. The Morgan fingerprint density at radius 3 is 2.19 bits per heavy atom. The fourth-order valence-corrected chi connectivity index (χ4v) is 7.95. The SMILES string of the molecule is [CH]1C(CC23CC4CC(CC(C4)C2)C3)=Cc2c1cccc2-c1ccc2ccccc2c1.[Zr]. The molecule has 0 nitrogen and oxygen atoms in total. The van der Waals surface area contributed by atoms with Crippen molar-refractivity contribution in [3.05, 3.63) is 83.8 Å². The van der Waals surface area contributed by atoms with Crippen LogP contribution in [0.4, 0.5) is 0 Å². The third kappa shape index (κ3) is 3.43. The summed E-state index contributed by atoms with van der Waals surface area (Å²) >= 11 is 0. The summed E-state index contributed by atoms with van der Waals surface area (Å²) in [4.78, 5) is 0. The van der Waals surface area contributed by atoms with Gasteiger partial charge in [0.1, 0.15) is 0 Å². The smallest absolute Gasteiger partial charge is 0.0164 e. The molecule has 0 heterocycles. The van der Waals surface area contributed by atoms with Crippen LogP contribution in [0.25, 0.3) is 28.0 Å². The van der Waals surface area contributed by atoms with Crippen molar-refractivity contribution in [3.63, 3.8) is 0 Å². The molecule has 0 amide bonds. The number of rotatable bonds is 3. The van der Waals surface area contributed by atoms with Crippen LogP contribution >= 0.6 is 0 Å². The molecule has 0 aromatic heterocycles. The molecule has 31 heavy (non-hydrogen) atoms. The van der Waals surface area contributed by atoms with Gasteiger partial charge in [-0.2, -0.15) is 0 Å². The molecule has 4 fully saturated rings. The molecule has 0 unspecified atom stereocenters. The Labute approximate surface area is 205 Å². The third-order valence-corrected chi connectivity index (χ3v) is 8.62. The summed E-state index contributed by atoms with van der Waals surface area (Å²) in [6, 6.07) is 22.5. The summed E-state index contributed by atoms with van der Waals surface area (Å²) in [6.45, 7) is 0. The van der Waals surface area contributed by atoms with Gasteiger partial charge in [0.2, 0.25) is 0 Å². The van der Waals surface area contributed by atoms with Gasteiger partial charge in [0.05, 0.1) is 0 Å². The predicted octanol–water partition coefficient (Wildman–Crippen LogP) is 8.06. The van der Waals surface area contributed by atoms with Crippen molar-refractivity contribution in [2.75, 3.05) is 0 Å². The Morgan fingerprint density at radius 1 is 0.742 bits per heavy atom. The Morgan fingerprint density at radius 2 is 1.45 bits per heavy atom. The minimum atomic E-state index is 0. The number of fused-ring (bicyclic) bond motifs is 2. The van der Waals surface area contributed by atoms with Crippen molar-refractivity contribution >= 4 is 16.8 Å². The average Bonchev–Trinajstić information content (AvgIpc) is 3.14. The minimum absolute atomic E-state index is 0. The number of hydrogen-bond acceptors (Lipinski definition) is 0. The number of benzene rings is 3. The van der Waals surface area contributed by atoms with Gasteiger partial charge in [0, 0.05) is 32.6 Å². The Balaban J connectivity index is 0.00000185. The minimum Gasteiger partial charge on any atom is -0.0616 e. The van der Waals surface area contributed by atoms with E-state index < -0.39 is 0 Å². The molecule has 5 aliphatic carbocycles. The first-order valence-corrected chi connectivity index (χ1v) is 11.9. The summed E-state index contributed by atoms with van der Waals surface area (Å²) in [5, 5.41) is 2.64. The van der Waals surface area contributed by atoms with Gasteiger partial charge < -0.3 is 0 Å². The summed E-state index contributed by atoms with van der Waals surface area (Å²) < 4.78 is 0. The van der Waals surface area contributed by atoms with Crippen LogP contribution in [0.1, 0.15) is 56.1 Å². The molecular weight excluding hydrogens is 452 g/mol.